The molecule has 0 aliphatic carbocycles. The van der Waals surface area contributed by atoms with E-state index in [9.17, 15) is 4.79 Å². The lowest BCUT2D eigenvalue weighted by molar-refractivity contribution is 0.0978. The van der Waals surface area contributed by atoms with Crippen LogP contribution in [0.2, 0.25) is 10.0 Å². The van der Waals surface area contributed by atoms with E-state index in [4.69, 9.17) is 23.2 Å². The van der Waals surface area contributed by atoms with E-state index in [0.717, 1.165) is 13.0 Å². The smallest absolute Gasteiger partial charge is 0.164 e. The molecule has 94 valence electrons. The van der Waals surface area contributed by atoms with E-state index in [-0.39, 0.29) is 5.78 Å². The Balaban J connectivity index is 1.91. The van der Waals surface area contributed by atoms with Gasteiger partial charge >= 0.3 is 0 Å². The largest absolute Gasteiger partial charge is 0.337 e. The second kappa shape index (κ2) is 6.03. The minimum Gasteiger partial charge on any atom is -0.337 e. The molecule has 1 heterocycles. The summed E-state index contributed by atoms with van der Waals surface area (Å²) in [6, 6.07) is 4.94. The van der Waals surface area contributed by atoms with Crippen molar-refractivity contribution in [1.29, 1.82) is 0 Å². The first-order valence-corrected chi connectivity index (χ1v) is 6.36. The van der Waals surface area contributed by atoms with Gasteiger partial charge in [-0.2, -0.15) is 0 Å². The second-order valence-corrected chi connectivity index (χ2v) is 4.80. The van der Waals surface area contributed by atoms with E-state index in [0.29, 0.717) is 22.0 Å². The van der Waals surface area contributed by atoms with E-state index < -0.39 is 0 Å². The number of imidazole rings is 1. The van der Waals surface area contributed by atoms with Gasteiger partial charge in [-0.1, -0.05) is 23.2 Å². The predicted molar refractivity (Wildman–Crippen MR) is 72.3 cm³/mol. The third-order valence-corrected chi connectivity index (χ3v) is 3.16. The molecule has 0 fully saturated rings. The number of Topliss-reactive ketones (excluding diaryl/α,β-unsaturated/α-hetero) is 1. The standard InChI is InChI=1S/C13H12Cl2N2O/c14-10-3-4-11(12(15)8-10)13(18)2-1-6-17-7-5-16-9-17/h3-5,7-9H,1-2,6H2. The zero-order valence-electron chi connectivity index (χ0n) is 9.64. The lowest BCUT2D eigenvalue weighted by atomic mass is 10.1. The normalized spacial score (nSPS) is 10.6. The Hall–Kier alpha value is -1.32. The molecule has 0 saturated carbocycles. The summed E-state index contributed by atoms with van der Waals surface area (Å²) in [4.78, 5) is 15.9. The van der Waals surface area contributed by atoms with E-state index in [1.807, 2.05) is 10.8 Å². The van der Waals surface area contributed by atoms with Gasteiger partial charge in [0.1, 0.15) is 0 Å². The Labute approximate surface area is 115 Å². The highest BCUT2D eigenvalue weighted by Gasteiger charge is 2.10. The Bertz CT molecular complexity index is 538. The van der Waals surface area contributed by atoms with Gasteiger partial charge in [0.15, 0.2) is 5.78 Å². The molecule has 1 aromatic heterocycles. The number of benzene rings is 1. The minimum absolute atomic E-state index is 0.0387. The van der Waals surface area contributed by atoms with Crippen molar-refractivity contribution in [2.24, 2.45) is 0 Å². The lowest BCUT2D eigenvalue weighted by Gasteiger charge is -2.04. The highest BCUT2D eigenvalue weighted by molar-refractivity contribution is 6.36. The Morgan fingerprint density at radius 3 is 2.83 bits per heavy atom. The number of aromatic nitrogens is 2. The van der Waals surface area contributed by atoms with Gasteiger partial charge in [-0.15, -0.1) is 0 Å². The van der Waals surface area contributed by atoms with Gasteiger partial charge in [-0.05, 0) is 24.6 Å². The van der Waals surface area contributed by atoms with Crippen LogP contribution < -0.4 is 0 Å². The molecule has 18 heavy (non-hydrogen) atoms. The van der Waals surface area contributed by atoms with Gasteiger partial charge in [-0.3, -0.25) is 4.79 Å². The molecule has 2 rings (SSSR count). The van der Waals surface area contributed by atoms with Gasteiger partial charge in [0.25, 0.3) is 0 Å². The summed E-state index contributed by atoms with van der Waals surface area (Å²) in [5, 5.41) is 0.949. The van der Waals surface area contributed by atoms with Crippen molar-refractivity contribution in [1.82, 2.24) is 9.55 Å². The molecule has 0 unspecified atom stereocenters. The van der Waals surface area contributed by atoms with Crippen LogP contribution in [0.4, 0.5) is 0 Å². The van der Waals surface area contributed by atoms with Gasteiger partial charge in [0.05, 0.1) is 11.3 Å². The molecule has 0 amide bonds. The van der Waals surface area contributed by atoms with Crippen molar-refractivity contribution in [3.05, 3.63) is 52.5 Å². The molecule has 2 aromatic rings. The van der Waals surface area contributed by atoms with Crippen LogP contribution in [0.1, 0.15) is 23.2 Å². The predicted octanol–water partition coefficient (Wildman–Crippen LogP) is 3.85. The molecule has 0 N–H and O–H groups in total. The molecule has 0 spiro atoms. The van der Waals surface area contributed by atoms with Gasteiger partial charge in [-0.25, -0.2) is 4.98 Å². The average molecular weight is 283 g/mol. The van der Waals surface area contributed by atoms with Crippen LogP contribution in [0.5, 0.6) is 0 Å². The molecule has 0 bridgehead atoms. The van der Waals surface area contributed by atoms with E-state index in [2.05, 4.69) is 4.98 Å². The Morgan fingerprint density at radius 2 is 2.17 bits per heavy atom. The number of ketones is 1. The molecule has 0 aliphatic rings. The maximum absolute atomic E-state index is 12.0. The number of hydrogen-bond donors (Lipinski definition) is 0. The summed E-state index contributed by atoms with van der Waals surface area (Å²) in [6.45, 7) is 0.775. The summed E-state index contributed by atoms with van der Waals surface area (Å²) in [5.41, 5.74) is 0.534. The zero-order valence-corrected chi connectivity index (χ0v) is 11.2. The number of aryl methyl sites for hydroxylation is 1. The molecule has 1 aromatic carbocycles. The van der Waals surface area contributed by atoms with E-state index >= 15 is 0 Å². The summed E-state index contributed by atoms with van der Waals surface area (Å²) in [6.07, 6.45) is 6.55. The average Bonchev–Trinajstić information content (AvgIpc) is 2.81. The summed E-state index contributed by atoms with van der Waals surface area (Å²) < 4.78 is 1.94. The maximum Gasteiger partial charge on any atom is 0.164 e. The van der Waals surface area contributed by atoms with Crippen molar-refractivity contribution in [3.8, 4) is 0 Å². The first-order chi connectivity index (χ1) is 8.66. The molecule has 0 saturated heterocycles. The van der Waals surface area contributed by atoms with Crippen molar-refractivity contribution in [3.63, 3.8) is 0 Å². The van der Waals surface area contributed by atoms with Gasteiger partial charge in [0, 0.05) is 35.9 Å². The monoisotopic (exact) mass is 282 g/mol. The molecular weight excluding hydrogens is 271 g/mol. The summed E-state index contributed by atoms with van der Waals surface area (Å²) in [5.74, 6) is 0.0387. The van der Waals surface area contributed by atoms with Gasteiger partial charge < -0.3 is 4.57 Å². The maximum atomic E-state index is 12.0. The molecule has 3 nitrogen and oxygen atoms in total. The van der Waals surface area contributed by atoms with Crippen LogP contribution in [0.15, 0.2) is 36.9 Å². The van der Waals surface area contributed by atoms with Crippen LogP contribution in [-0.4, -0.2) is 15.3 Å². The minimum atomic E-state index is 0.0387. The Morgan fingerprint density at radius 1 is 1.33 bits per heavy atom. The highest BCUT2D eigenvalue weighted by atomic mass is 35.5. The fourth-order valence-electron chi connectivity index (χ4n) is 1.69. The topological polar surface area (TPSA) is 34.9 Å². The second-order valence-electron chi connectivity index (χ2n) is 3.95. The molecule has 0 radical (unpaired) electrons. The fraction of sp³-hybridized carbons (Fsp3) is 0.231. The van der Waals surface area contributed by atoms with Crippen molar-refractivity contribution >= 4 is 29.0 Å². The third kappa shape index (κ3) is 3.34. The number of carbonyl (C=O) groups is 1. The van der Waals surface area contributed by atoms with E-state index in [1.54, 1.807) is 30.7 Å². The molecule has 0 atom stereocenters. The third-order valence-electron chi connectivity index (χ3n) is 2.61. The van der Waals surface area contributed by atoms with Crippen LogP contribution in [-0.2, 0) is 6.54 Å². The molecule has 0 aliphatic heterocycles. The summed E-state index contributed by atoms with van der Waals surface area (Å²) in [7, 11) is 0. The van der Waals surface area contributed by atoms with E-state index in [1.165, 1.54) is 0 Å². The number of nitrogens with zero attached hydrogens (tertiary/aromatic N) is 2. The Kier molecular flexibility index (Phi) is 4.39. The fourth-order valence-corrected chi connectivity index (χ4v) is 2.21. The highest BCUT2D eigenvalue weighted by Crippen LogP contribution is 2.22. The number of carbonyl (C=O) groups excluding carboxylic acids is 1. The first-order valence-electron chi connectivity index (χ1n) is 5.61. The van der Waals surface area contributed by atoms with Crippen LogP contribution in [0.25, 0.3) is 0 Å². The van der Waals surface area contributed by atoms with Crippen LogP contribution in [0.3, 0.4) is 0 Å². The molecule has 5 heteroatoms. The van der Waals surface area contributed by atoms with Crippen molar-refractivity contribution < 1.29 is 4.79 Å². The molecular formula is C13H12Cl2N2O. The van der Waals surface area contributed by atoms with Crippen molar-refractivity contribution in [2.75, 3.05) is 0 Å². The zero-order chi connectivity index (χ0) is 13.0. The van der Waals surface area contributed by atoms with Crippen molar-refractivity contribution in [2.45, 2.75) is 19.4 Å². The first kappa shape index (κ1) is 13.1. The SMILES string of the molecule is O=C(CCCn1ccnc1)c1ccc(Cl)cc1Cl. The number of rotatable bonds is 5. The van der Waals surface area contributed by atoms with Crippen LogP contribution >= 0.6 is 23.2 Å². The summed E-state index contributed by atoms with van der Waals surface area (Å²) >= 11 is 11.8. The van der Waals surface area contributed by atoms with Gasteiger partial charge in [0.2, 0.25) is 0 Å². The lowest BCUT2D eigenvalue weighted by Crippen LogP contribution is -2.03. The number of hydrogen-bond acceptors (Lipinski definition) is 2. The number of halogens is 2. The quantitative estimate of drug-likeness (QED) is 0.781. The van der Waals surface area contributed by atoms with Crippen LogP contribution in [0, 0.1) is 0 Å².